The molecule has 27 heavy (non-hydrogen) atoms. The third-order valence-corrected chi connectivity index (χ3v) is 3.66. The van der Waals surface area contributed by atoms with E-state index in [2.05, 4.69) is 5.32 Å². The summed E-state index contributed by atoms with van der Waals surface area (Å²) in [5.74, 6) is -1.79. The van der Waals surface area contributed by atoms with Crippen molar-refractivity contribution in [2.24, 2.45) is 0 Å². The molecule has 0 fully saturated rings. The van der Waals surface area contributed by atoms with Crippen molar-refractivity contribution in [1.82, 2.24) is 5.32 Å². The zero-order valence-electron chi connectivity index (χ0n) is 15.0. The van der Waals surface area contributed by atoms with Gasteiger partial charge in [0.05, 0.1) is 7.11 Å². The van der Waals surface area contributed by atoms with Crippen LogP contribution in [0.2, 0.25) is 0 Å². The molecule has 0 heterocycles. The first-order valence-corrected chi connectivity index (χ1v) is 8.39. The number of esters is 2. The average molecular weight is 367 g/mol. The zero-order chi connectivity index (χ0) is 19.5. The number of hydrogen-bond donors (Lipinski definition) is 1. The van der Waals surface area contributed by atoms with Gasteiger partial charge in [0.1, 0.15) is 6.04 Å². The smallest absolute Gasteiger partial charge is 0.331 e. The first kappa shape index (κ1) is 19.9. The molecule has 0 spiro atoms. The second kappa shape index (κ2) is 10.6. The Morgan fingerprint density at radius 1 is 1.00 bits per heavy atom. The molecule has 0 bridgehead atoms. The Hall–Kier alpha value is -3.41. The van der Waals surface area contributed by atoms with Gasteiger partial charge in [0.2, 0.25) is 0 Å². The van der Waals surface area contributed by atoms with Gasteiger partial charge in [-0.3, -0.25) is 4.79 Å². The molecule has 0 saturated carbocycles. The van der Waals surface area contributed by atoms with Crippen LogP contribution in [0, 0.1) is 0 Å². The topological polar surface area (TPSA) is 81.7 Å². The molecule has 2 aromatic rings. The van der Waals surface area contributed by atoms with Gasteiger partial charge in [0.15, 0.2) is 6.61 Å². The van der Waals surface area contributed by atoms with Gasteiger partial charge in [-0.05, 0) is 17.2 Å². The van der Waals surface area contributed by atoms with E-state index in [1.54, 1.807) is 6.08 Å². The number of carbonyl (C=O) groups excluding carboxylic acids is 3. The first-order chi connectivity index (χ1) is 13.1. The Balaban J connectivity index is 1.85. The van der Waals surface area contributed by atoms with Crippen LogP contribution in [0.1, 0.15) is 11.1 Å². The molecule has 1 amide bonds. The highest BCUT2D eigenvalue weighted by Crippen LogP contribution is 2.05. The van der Waals surface area contributed by atoms with Crippen molar-refractivity contribution in [3.8, 4) is 0 Å². The van der Waals surface area contributed by atoms with E-state index in [1.165, 1.54) is 13.2 Å². The molecule has 0 aliphatic heterocycles. The Kier molecular flexibility index (Phi) is 7.78. The van der Waals surface area contributed by atoms with E-state index >= 15 is 0 Å². The van der Waals surface area contributed by atoms with Crippen LogP contribution in [0.5, 0.6) is 0 Å². The number of hydrogen-bond acceptors (Lipinski definition) is 5. The Labute approximate surface area is 157 Å². The molecular formula is C21H21NO5. The minimum atomic E-state index is -0.858. The maximum atomic E-state index is 12.0. The summed E-state index contributed by atoms with van der Waals surface area (Å²) >= 11 is 0. The van der Waals surface area contributed by atoms with Gasteiger partial charge in [-0.2, -0.15) is 0 Å². The lowest BCUT2D eigenvalue weighted by atomic mass is 10.1. The molecule has 0 aromatic heterocycles. The van der Waals surface area contributed by atoms with Crippen molar-refractivity contribution < 1.29 is 23.9 Å². The van der Waals surface area contributed by atoms with Crippen molar-refractivity contribution in [2.75, 3.05) is 13.7 Å². The van der Waals surface area contributed by atoms with Gasteiger partial charge in [-0.15, -0.1) is 0 Å². The summed E-state index contributed by atoms with van der Waals surface area (Å²) < 4.78 is 9.63. The number of amides is 1. The third-order valence-electron chi connectivity index (χ3n) is 3.66. The number of methoxy groups -OCH3 is 1. The summed E-state index contributed by atoms with van der Waals surface area (Å²) in [6.07, 6.45) is 3.11. The standard InChI is InChI=1S/C21H21NO5/c1-26-21(25)18(14-17-10-6-3-7-11-17)22-19(23)15-27-20(24)13-12-16-8-4-2-5-9-16/h2-13,18H,14-15H2,1H3,(H,22,23)/b13-12+. The molecule has 140 valence electrons. The summed E-state index contributed by atoms with van der Waals surface area (Å²) in [6, 6.07) is 17.6. The van der Waals surface area contributed by atoms with Crippen LogP contribution in [0.15, 0.2) is 66.7 Å². The minimum absolute atomic E-state index is 0.279. The number of carbonyl (C=O) groups is 3. The highest BCUT2D eigenvalue weighted by molar-refractivity contribution is 5.90. The van der Waals surface area contributed by atoms with E-state index in [9.17, 15) is 14.4 Å². The van der Waals surface area contributed by atoms with E-state index in [-0.39, 0.29) is 6.42 Å². The van der Waals surface area contributed by atoms with Crippen LogP contribution in [0.25, 0.3) is 6.08 Å². The lowest BCUT2D eigenvalue weighted by molar-refractivity contribution is -0.147. The molecule has 6 nitrogen and oxygen atoms in total. The second-order valence-electron chi connectivity index (χ2n) is 5.68. The Morgan fingerprint density at radius 2 is 1.63 bits per heavy atom. The highest BCUT2D eigenvalue weighted by Gasteiger charge is 2.22. The third kappa shape index (κ3) is 7.15. The zero-order valence-corrected chi connectivity index (χ0v) is 15.0. The van der Waals surface area contributed by atoms with Crippen molar-refractivity contribution in [3.05, 3.63) is 77.9 Å². The molecule has 2 aromatic carbocycles. The van der Waals surface area contributed by atoms with Crippen molar-refractivity contribution >= 4 is 23.9 Å². The largest absolute Gasteiger partial charge is 0.467 e. The Morgan fingerprint density at radius 3 is 2.26 bits per heavy atom. The van der Waals surface area contributed by atoms with Crippen LogP contribution in [0.3, 0.4) is 0 Å². The van der Waals surface area contributed by atoms with Crippen LogP contribution < -0.4 is 5.32 Å². The molecule has 6 heteroatoms. The van der Waals surface area contributed by atoms with Crippen LogP contribution in [-0.4, -0.2) is 37.6 Å². The second-order valence-corrected chi connectivity index (χ2v) is 5.68. The van der Waals surface area contributed by atoms with Crippen molar-refractivity contribution in [3.63, 3.8) is 0 Å². The monoisotopic (exact) mass is 367 g/mol. The first-order valence-electron chi connectivity index (χ1n) is 8.39. The lowest BCUT2D eigenvalue weighted by Crippen LogP contribution is -2.44. The SMILES string of the molecule is COC(=O)C(Cc1ccccc1)NC(=O)COC(=O)/C=C/c1ccccc1. The summed E-state index contributed by atoms with van der Waals surface area (Å²) in [4.78, 5) is 35.6. The fourth-order valence-electron chi connectivity index (χ4n) is 2.33. The quantitative estimate of drug-likeness (QED) is 0.571. The van der Waals surface area contributed by atoms with E-state index < -0.39 is 30.5 Å². The van der Waals surface area contributed by atoms with Crippen LogP contribution in [-0.2, 0) is 30.3 Å². The fraction of sp³-hybridized carbons (Fsp3) is 0.190. The maximum absolute atomic E-state index is 12.0. The molecule has 0 aliphatic rings. The predicted molar refractivity (Wildman–Crippen MR) is 101 cm³/mol. The molecule has 1 N–H and O–H groups in total. The van der Waals surface area contributed by atoms with Gasteiger partial charge >= 0.3 is 11.9 Å². The molecule has 1 atom stereocenters. The van der Waals surface area contributed by atoms with Gasteiger partial charge in [-0.25, -0.2) is 9.59 Å². The predicted octanol–water partition coefficient (Wildman–Crippen LogP) is 2.14. The van der Waals surface area contributed by atoms with E-state index in [4.69, 9.17) is 9.47 Å². The molecule has 0 saturated heterocycles. The van der Waals surface area contributed by atoms with Crippen LogP contribution >= 0.6 is 0 Å². The average Bonchev–Trinajstić information content (AvgIpc) is 2.71. The van der Waals surface area contributed by atoms with Crippen molar-refractivity contribution in [2.45, 2.75) is 12.5 Å². The number of nitrogens with one attached hydrogen (secondary N) is 1. The number of benzene rings is 2. The summed E-state index contributed by atoms with van der Waals surface area (Å²) in [5, 5.41) is 2.53. The molecule has 0 aliphatic carbocycles. The normalized spacial score (nSPS) is 11.6. The van der Waals surface area contributed by atoms with E-state index in [0.29, 0.717) is 0 Å². The highest BCUT2D eigenvalue weighted by atomic mass is 16.5. The van der Waals surface area contributed by atoms with Crippen molar-refractivity contribution in [1.29, 1.82) is 0 Å². The number of ether oxygens (including phenoxy) is 2. The number of rotatable bonds is 8. The van der Waals surface area contributed by atoms with Gasteiger partial charge in [-0.1, -0.05) is 60.7 Å². The molecular weight excluding hydrogens is 346 g/mol. The van der Waals surface area contributed by atoms with Gasteiger partial charge in [0, 0.05) is 12.5 Å². The minimum Gasteiger partial charge on any atom is -0.467 e. The van der Waals surface area contributed by atoms with Gasteiger partial charge < -0.3 is 14.8 Å². The summed E-state index contributed by atoms with van der Waals surface area (Å²) in [6.45, 7) is -0.486. The fourth-order valence-corrected chi connectivity index (χ4v) is 2.33. The summed E-state index contributed by atoms with van der Waals surface area (Å²) in [7, 11) is 1.25. The van der Waals surface area contributed by atoms with E-state index in [1.807, 2.05) is 60.7 Å². The Bertz CT molecular complexity index is 787. The van der Waals surface area contributed by atoms with E-state index in [0.717, 1.165) is 11.1 Å². The summed E-state index contributed by atoms with van der Waals surface area (Å²) in [5.41, 5.74) is 1.71. The van der Waals surface area contributed by atoms with Gasteiger partial charge in [0.25, 0.3) is 5.91 Å². The molecule has 2 rings (SSSR count). The molecule has 1 unspecified atom stereocenters. The molecule has 0 radical (unpaired) electrons. The maximum Gasteiger partial charge on any atom is 0.331 e. The van der Waals surface area contributed by atoms with Crippen LogP contribution in [0.4, 0.5) is 0 Å². The lowest BCUT2D eigenvalue weighted by Gasteiger charge is -2.16.